The van der Waals surface area contributed by atoms with E-state index in [0.29, 0.717) is 12.6 Å². The van der Waals surface area contributed by atoms with E-state index in [1.807, 2.05) is 25.3 Å². The van der Waals surface area contributed by atoms with Crippen molar-refractivity contribution in [1.82, 2.24) is 9.97 Å². The first-order valence-corrected chi connectivity index (χ1v) is 11.2. The number of hydrogen-bond donors (Lipinski definition) is 0. The molecule has 1 aliphatic rings. The van der Waals surface area contributed by atoms with Crippen molar-refractivity contribution in [2.45, 2.75) is 52.5 Å². The van der Waals surface area contributed by atoms with E-state index >= 15 is 0 Å². The summed E-state index contributed by atoms with van der Waals surface area (Å²) in [5.74, 6) is 0.901. The van der Waals surface area contributed by atoms with Crippen LogP contribution in [0.15, 0.2) is 68.0 Å². The molecule has 0 amide bonds. The average molecular weight is 420 g/mol. The van der Waals surface area contributed by atoms with E-state index in [4.69, 9.17) is 14.7 Å². The third kappa shape index (κ3) is 7.48. The fraction of sp³-hybridized carbons (Fsp3) is 0.407. The summed E-state index contributed by atoms with van der Waals surface area (Å²) in [4.78, 5) is 12.2. The van der Waals surface area contributed by atoms with Gasteiger partial charge in [0.15, 0.2) is 0 Å². The van der Waals surface area contributed by atoms with Crippen molar-refractivity contribution in [1.29, 1.82) is 0 Å². The fourth-order valence-electron chi connectivity index (χ4n) is 3.46. The third-order valence-electron chi connectivity index (χ3n) is 5.02. The summed E-state index contributed by atoms with van der Waals surface area (Å²) in [5.41, 5.74) is 4.84. The predicted molar refractivity (Wildman–Crippen MR) is 134 cm³/mol. The van der Waals surface area contributed by atoms with Gasteiger partial charge in [0.05, 0.1) is 24.2 Å². The number of nitrogens with zero attached hydrogens (tertiary/aromatic N) is 3. The Morgan fingerprint density at radius 2 is 2.06 bits per heavy atom. The molecule has 0 N–H and O–H groups in total. The van der Waals surface area contributed by atoms with Crippen LogP contribution in [0.3, 0.4) is 0 Å². The van der Waals surface area contributed by atoms with Crippen LogP contribution < -0.4 is 4.90 Å². The Labute approximate surface area is 188 Å². The van der Waals surface area contributed by atoms with Crippen LogP contribution in [0.25, 0.3) is 11.1 Å². The highest BCUT2D eigenvalue weighted by atomic mass is 16.5. The minimum atomic E-state index is 0.322. The zero-order chi connectivity index (χ0) is 22.6. The van der Waals surface area contributed by atoms with Crippen LogP contribution in [0.2, 0.25) is 0 Å². The maximum absolute atomic E-state index is 5.63. The molecule has 1 aromatic rings. The highest BCUT2D eigenvalue weighted by Gasteiger charge is 2.18. The van der Waals surface area contributed by atoms with Crippen LogP contribution in [0.5, 0.6) is 0 Å². The van der Waals surface area contributed by atoms with Crippen molar-refractivity contribution >= 4 is 17.0 Å². The fourth-order valence-corrected chi connectivity index (χ4v) is 3.46. The number of aromatic nitrogens is 2. The number of ether oxygens (including phenoxy) is 1. The number of allylic oxidation sites excluding steroid dienone is 8. The van der Waals surface area contributed by atoms with Gasteiger partial charge in [-0.2, -0.15) is 0 Å². The Hall–Kier alpha value is -2.72. The number of hydrogen-bond acceptors (Lipinski definition) is 4. The lowest BCUT2D eigenvalue weighted by Crippen LogP contribution is -2.33. The van der Waals surface area contributed by atoms with Crippen molar-refractivity contribution < 1.29 is 4.74 Å². The molecule has 0 bridgehead atoms. The first kappa shape index (κ1) is 24.5. The van der Waals surface area contributed by atoms with E-state index in [9.17, 15) is 0 Å². The predicted octanol–water partition coefficient (Wildman–Crippen LogP) is 6.55. The molecule has 2 rings (SSSR count). The van der Waals surface area contributed by atoms with E-state index in [-0.39, 0.29) is 0 Å². The third-order valence-corrected chi connectivity index (χ3v) is 5.02. The van der Waals surface area contributed by atoms with Crippen molar-refractivity contribution in [2.24, 2.45) is 0 Å². The SMILES string of the molecule is C=C/C=C(\C=C)c1ncc(N(CCCCOCC(=C)C)C(C)C)nc1C1=CCCC=C1. The summed E-state index contributed by atoms with van der Waals surface area (Å²) in [7, 11) is 0. The van der Waals surface area contributed by atoms with Gasteiger partial charge >= 0.3 is 0 Å². The molecular formula is C27H37N3O. The van der Waals surface area contributed by atoms with Crippen LogP contribution in [0.4, 0.5) is 5.82 Å². The molecule has 1 heterocycles. The second kappa shape index (κ2) is 12.9. The van der Waals surface area contributed by atoms with Gasteiger partial charge in [0.25, 0.3) is 0 Å². The summed E-state index contributed by atoms with van der Waals surface area (Å²) in [6.45, 7) is 20.3. The molecule has 4 nitrogen and oxygen atoms in total. The standard InChI is InChI=1S/C27H37N3O/c1-7-14-23(8-2)26-27(24-15-10-9-11-16-24)29-25(19-28-26)30(22(5)6)17-12-13-18-31-20-21(3)4/h7-8,10,14-16,19,22H,1-3,9,11-13,17-18,20H2,4-6H3/b23-14+. The monoisotopic (exact) mass is 419 g/mol. The molecule has 0 spiro atoms. The molecule has 0 radical (unpaired) electrons. The molecule has 0 saturated heterocycles. The lowest BCUT2D eigenvalue weighted by Gasteiger charge is -2.28. The van der Waals surface area contributed by atoms with Crippen LogP contribution in [0.1, 0.15) is 57.8 Å². The van der Waals surface area contributed by atoms with Crippen molar-refractivity contribution in [3.05, 3.63) is 79.4 Å². The van der Waals surface area contributed by atoms with Gasteiger partial charge in [0, 0.05) is 24.8 Å². The van der Waals surface area contributed by atoms with Crippen LogP contribution >= 0.6 is 0 Å². The van der Waals surface area contributed by atoms with Crippen molar-refractivity contribution in [3.63, 3.8) is 0 Å². The van der Waals surface area contributed by atoms with Gasteiger partial charge in [0.1, 0.15) is 5.82 Å². The Kier molecular flexibility index (Phi) is 10.2. The van der Waals surface area contributed by atoms with Crippen molar-refractivity contribution in [3.8, 4) is 0 Å². The molecule has 0 unspecified atom stereocenters. The zero-order valence-electron chi connectivity index (χ0n) is 19.4. The molecule has 0 fully saturated rings. The molecular weight excluding hydrogens is 382 g/mol. The first-order chi connectivity index (χ1) is 15.0. The highest BCUT2D eigenvalue weighted by molar-refractivity contribution is 5.84. The molecule has 1 aromatic heterocycles. The minimum Gasteiger partial charge on any atom is -0.377 e. The Bertz CT molecular complexity index is 861. The molecule has 31 heavy (non-hydrogen) atoms. The lowest BCUT2D eigenvalue weighted by molar-refractivity contribution is 0.152. The van der Waals surface area contributed by atoms with Gasteiger partial charge in [-0.3, -0.25) is 4.98 Å². The van der Waals surface area contributed by atoms with Gasteiger partial charge < -0.3 is 9.64 Å². The van der Waals surface area contributed by atoms with Gasteiger partial charge in [0.2, 0.25) is 0 Å². The summed E-state index contributed by atoms with van der Waals surface area (Å²) in [5, 5.41) is 0. The molecule has 0 aliphatic heterocycles. The zero-order valence-corrected chi connectivity index (χ0v) is 19.4. The molecule has 166 valence electrons. The van der Waals surface area contributed by atoms with Gasteiger partial charge in [-0.1, -0.05) is 61.8 Å². The first-order valence-electron chi connectivity index (χ1n) is 11.2. The number of unbranched alkanes of at least 4 members (excludes halogenated alkanes) is 1. The van der Waals surface area contributed by atoms with Crippen LogP contribution in [0, 0.1) is 0 Å². The second-order valence-corrected chi connectivity index (χ2v) is 8.13. The van der Waals surface area contributed by atoms with Gasteiger partial charge in [-0.25, -0.2) is 4.98 Å². The smallest absolute Gasteiger partial charge is 0.148 e. The largest absolute Gasteiger partial charge is 0.377 e. The van der Waals surface area contributed by atoms with E-state index in [1.165, 1.54) is 0 Å². The van der Waals surface area contributed by atoms with Crippen LogP contribution in [-0.2, 0) is 4.74 Å². The highest BCUT2D eigenvalue weighted by Crippen LogP contribution is 2.29. The Morgan fingerprint density at radius 1 is 1.26 bits per heavy atom. The maximum atomic E-state index is 5.63. The topological polar surface area (TPSA) is 38.2 Å². The quantitative estimate of drug-likeness (QED) is 0.206. The van der Waals surface area contributed by atoms with E-state index in [0.717, 1.165) is 72.8 Å². The molecule has 1 aliphatic carbocycles. The van der Waals surface area contributed by atoms with Gasteiger partial charge in [-0.05, 0) is 52.0 Å². The molecule has 4 heteroatoms. The van der Waals surface area contributed by atoms with Crippen LogP contribution in [-0.4, -0.2) is 35.8 Å². The molecule has 0 saturated carbocycles. The maximum Gasteiger partial charge on any atom is 0.148 e. The van der Waals surface area contributed by atoms with Gasteiger partial charge in [-0.15, -0.1) is 0 Å². The lowest BCUT2D eigenvalue weighted by atomic mass is 9.99. The second-order valence-electron chi connectivity index (χ2n) is 8.13. The normalized spacial score (nSPS) is 13.8. The summed E-state index contributed by atoms with van der Waals surface area (Å²) in [6.07, 6.45) is 18.1. The molecule has 0 atom stereocenters. The Morgan fingerprint density at radius 3 is 2.68 bits per heavy atom. The molecule has 0 aromatic carbocycles. The summed E-state index contributed by atoms with van der Waals surface area (Å²) in [6, 6.07) is 0.322. The number of rotatable bonds is 13. The van der Waals surface area contributed by atoms with E-state index in [1.54, 1.807) is 6.08 Å². The Balaban J connectivity index is 2.27. The summed E-state index contributed by atoms with van der Waals surface area (Å²) >= 11 is 0. The van der Waals surface area contributed by atoms with Crippen molar-refractivity contribution in [2.75, 3.05) is 24.7 Å². The minimum absolute atomic E-state index is 0.322. The summed E-state index contributed by atoms with van der Waals surface area (Å²) < 4.78 is 5.63. The van der Waals surface area contributed by atoms with E-state index in [2.05, 4.69) is 56.7 Å². The average Bonchev–Trinajstić information content (AvgIpc) is 2.77. The number of anilines is 1. The van der Waals surface area contributed by atoms with E-state index < -0.39 is 0 Å².